The van der Waals surface area contributed by atoms with E-state index in [0.717, 1.165) is 0 Å². The average molecular weight is 561 g/mol. The lowest BCUT2D eigenvalue weighted by atomic mass is 9.92. The number of rotatable bonds is 8. The van der Waals surface area contributed by atoms with Crippen molar-refractivity contribution >= 4 is 23.8 Å². The van der Waals surface area contributed by atoms with Gasteiger partial charge in [-0.2, -0.15) is 0 Å². The molecule has 0 radical (unpaired) electrons. The maximum absolute atomic E-state index is 13.1. The predicted molar refractivity (Wildman–Crippen MR) is 148 cm³/mol. The molecule has 2 amide bonds. The molecule has 10 nitrogen and oxygen atoms in total. The highest BCUT2D eigenvalue weighted by atomic mass is 16.6. The zero-order chi connectivity index (χ0) is 29.8. The van der Waals surface area contributed by atoms with Crippen molar-refractivity contribution in [1.82, 2.24) is 9.80 Å². The SMILES string of the molecule is CC(C)(C)OC(=O)N1C[C@@H](CC(=O)c2cccc(C(=O)C[C@H]3C[C@@H](CO)N(C(=O)OC(C)(C)C)C3)c2)C[C@H]1CO. The van der Waals surface area contributed by atoms with E-state index in [0.29, 0.717) is 37.1 Å². The van der Waals surface area contributed by atoms with Gasteiger partial charge in [0.25, 0.3) is 0 Å². The van der Waals surface area contributed by atoms with Crippen LogP contribution in [0.1, 0.15) is 87.9 Å². The second kappa shape index (κ2) is 12.7. The van der Waals surface area contributed by atoms with Crippen LogP contribution in [-0.4, -0.2) is 93.4 Å². The van der Waals surface area contributed by atoms with Gasteiger partial charge in [-0.1, -0.05) is 18.2 Å². The highest BCUT2D eigenvalue weighted by Crippen LogP contribution is 2.30. The fourth-order valence-electron chi connectivity index (χ4n) is 5.38. The Labute approximate surface area is 236 Å². The minimum Gasteiger partial charge on any atom is -0.444 e. The van der Waals surface area contributed by atoms with E-state index in [4.69, 9.17) is 9.47 Å². The monoisotopic (exact) mass is 560 g/mol. The van der Waals surface area contributed by atoms with Gasteiger partial charge in [0.1, 0.15) is 11.2 Å². The lowest BCUT2D eigenvalue weighted by Gasteiger charge is -2.27. The first-order valence-corrected chi connectivity index (χ1v) is 14.0. The van der Waals surface area contributed by atoms with Gasteiger partial charge in [0.05, 0.1) is 25.3 Å². The molecule has 0 spiro atoms. The van der Waals surface area contributed by atoms with Gasteiger partial charge in [-0.05, 0) is 72.3 Å². The van der Waals surface area contributed by atoms with Gasteiger partial charge < -0.3 is 29.5 Å². The van der Waals surface area contributed by atoms with Crippen LogP contribution in [0.25, 0.3) is 0 Å². The number of carbonyl (C=O) groups excluding carboxylic acids is 4. The molecular weight excluding hydrogens is 516 g/mol. The molecule has 0 bridgehead atoms. The number of aliphatic hydroxyl groups excluding tert-OH is 2. The van der Waals surface area contributed by atoms with Crippen molar-refractivity contribution in [3.63, 3.8) is 0 Å². The van der Waals surface area contributed by atoms with Crippen molar-refractivity contribution in [2.45, 2.75) is 90.5 Å². The Balaban J connectivity index is 1.60. The smallest absolute Gasteiger partial charge is 0.410 e. The number of nitrogens with zero attached hydrogens (tertiary/aromatic N) is 2. The predicted octanol–water partition coefficient (Wildman–Crippen LogP) is 4.07. The van der Waals surface area contributed by atoms with Crippen molar-refractivity contribution in [1.29, 1.82) is 0 Å². The first-order chi connectivity index (χ1) is 18.6. The quantitative estimate of drug-likeness (QED) is 0.455. The van der Waals surface area contributed by atoms with Crippen molar-refractivity contribution in [2.75, 3.05) is 26.3 Å². The summed E-state index contributed by atoms with van der Waals surface area (Å²) in [4.78, 5) is 54.4. The van der Waals surface area contributed by atoms with Crippen molar-refractivity contribution < 1.29 is 38.9 Å². The van der Waals surface area contributed by atoms with Gasteiger partial charge >= 0.3 is 12.2 Å². The summed E-state index contributed by atoms with van der Waals surface area (Å²) in [6.45, 7) is 10.9. The maximum Gasteiger partial charge on any atom is 0.410 e. The number of hydrogen-bond acceptors (Lipinski definition) is 8. The van der Waals surface area contributed by atoms with E-state index >= 15 is 0 Å². The summed E-state index contributed by atoms with van der Waals surface area (Å²) >= 11 is 0. The average Bonchev–Trinajstić information content (AvgIpc) is 3.45. The number of aliphatic hydroxyl groups is 2. The number of ether oxygens (including phenoxy) is 2. The number of Topliss-reactive ketones (excluding diaryl/α,β-unsaturated/α-hetero) is 2. The molecule has 10 heteroatoms. The summed E-state index contributed by atoms with van der Waals surface area (Å²) in [5.74, 6) is -0.548. The highest BCUT2D eigenvalue weighted by molar-refractivity contribution is 6.01. The minimum atomic E-state index is -0.663. The van der Waals surface area contributed by atoms with Gasteiger partial charge in [0.2, 0.25) is 0 Å². The molecule has 0 saturated carbocycles. The third kappa shape index (κ3) is 8.51. The molecule has 40 heavy (non-hydrogen) atoms. The molecule has 222 valence electrons. The van der Waals surface area contributed by atoms with Crippen LogP contribution >= 0.6 is 0 Å². The normalized spacial score (nSPS) is 23.3. The van der Waals surface area contributed by atoms with Gasteiger partial charge in [0, 0.05) is 37.1 Å². The molecule has 4 atom stereocenters. The lowest BCUT2D eigenvalue weighted by Crippen LogP contribution is -2.41. The van der Waals surface area contributed by atoms with E-state index in [1.807, 2.05) is 0 Å². The molecule has 0 aromatic heterocycles. The number of ketones is 2. The van der Waals surface area contributed by atoms with Crippen molar-refractivity contribution in [2.24, 2.45) is 11.8 Å². The lowest BCUT2D eigenvalue weighted by molar-refractivity contribution is 0.0163. The molecule has 0 unspecified atom stereocenters. The third-order valence-electron chi connectivity index (χ3n) is 7.13. The molecule has 2 N–H and O–H groups in total. The second-order valence-electron chi connectivity index (χ2n) is 13.0. The van der Waals surface area contributed by atoms with E-state index in [1.54, 1.807) is 65.8 Å². The van der Waals surface area contributed by atoms with Gasteiger partial charge in [-0.3, -0.25) is 9.59 Å². The van der Waals surface area contributed by atoms with Gasteiger partial charge in [-0.25, -0.2) is 9.59 Å². The Morgan fingerprint density at radius 1 is 0.750 bits per heavy atom. The maximum atomic E-state index is 13.1. The van der Waals surface area contributed by atoms with Crippen LogP contribution in [0.15, 0.2) is 24.3 Å². The second-order valence-corrected chi connectivity index (χ2v) is 13.0. The van der Waals surface area contributed by atoms with Crippen LogP contribution in [0.5, 0.6) is 0 Å². The van der Waals surface area contributed by atoms with Crippen LogP contribution < -0.4 is 0 Å². The van der Waals surface area contributed by atoms with E-state index in [9.17, 15) is 29.4 Å². The molecule has 2 aliphatic heterocycles. The van der Waals surface area contributed by atoms with Gasteiger partial charge in [-0.15, -0.1) is 0 Å². The summed E-state index contributed by atoms with van der Waals surface area (Å²) < 4.78 is 10.9. The fourth-order valence-corrected chi connectivity index (χ4v) is 5.38. The Morgan fingerprint density at radius 3 is 1.45 bits per heavy atom. The summed E-state index contributed by atoms with van der Waals surface area (Å²) in [5, 5.41) is 19.6. The Morgan fingerprint density at radius 2 is 1.12 bits per heavy atom. The van der Waals surface area contributed by atoms with Crippen molar-refractivity contribution in [3.8, 4) is 0 Å². The topological polar surface area (TPSA) is 134 Å². The molecule has 2 heterocycles. The minimum absolute atomic E-state index is 0.135. The van der Waals surface area contributed by atoms with E-state index in [-0.39, 0.29) is 49.5 Å². The summed E-state index contributed by atoms with van der Waals surface area (Å²) in [6.07, 6.45) is 0.326. The van der Waals surface area contributed by atoms with E-state index in [2.05, 4.69) is 0 Å². The Kier molecular flexibility index (Phi) is 10.0. The number of likely N-dealkylation sites (tertiary alicyclic amines) is 2. The van der Waals surface area contributed by atoms with E-state index < -0.39 is 35.5 Å². The third-order valence-corrected chi connectivity index (χ3v) is 7.13. The number of carbonyl (C=O) groups is 4. The molecule has 0 aliphatic carbocycles. The largest absolute Gasteiger partial charge is 0.444 e. The fraction of sp³-hybridized carbons (Fsp3) is 0.667. The van der Waals surface area contributed by atoms with Crippen LogP contribution in [0, 0.1) is 11.8 Å². The summed E-state index contributed by atoms with van der Waals surface area (Å²) in [5.41, 5.74) is -0.498. The van der Waals surface area contributed by atoms with Crippen LogP contribution in [0.4, 0.5) is 9.59 Å². The van der Waals surface area contributed by atoms with E-state index in [1.165, 1.54) is 9.80 Å². The van der Waals surface area contributed by atoms with Crippen molar-refractivity contribution in [3.05, 3.63) is 35.4 Å². The molecule has 1 aromatic carbocycles. The van der Waals surface area contributed by atoms with Crippen LogP contribution in [-0.2, 0) is 9.47 Å². The number of hydrogen-bond donors (Lipinski definition) is 2. The van der Waals surface area contributed by atoms with Crippen LogP contribution in [0.3, 0.4) is 0 Å². The summed E-state index contributed by atoms with van der Waals surface area (Å²) in [7, 11) is 0. The highest BCUT2D eigenvalue weighted by Gasteiger charge is 2.39. The summed E-state index contributed by atoms with van der Waals surface area (Å²) in [6, 6.07) is 5.80. The molecular formula is C30H44N2O8. The zero-order valence-corrected chi connectivity index (χ0v) is 24.5. The first kappa shape index (κ1) is 31.5. The number of amides is 2. The molecule has 2 saturated heterocycles. The van der Waals surface area contributed by atoms with Crippen LogP contribution in [0.2, 0.25) is 0 Å². The Hall–Kier alpha value is -2.98. The molecule has 2 fully saturated rings. The molecule has 1 aromatic rings. The zero-order valence-electron chi connectivity index (χ0n) is 24.5. The first-order valence-electron chi connectivity index (χ1n) is 14.0. The Bertz CT molecular complexity index is 1010. The van der Waals surface area contributed by atoms with Gasteiger partial charge in [0.15, 0.2) is 11.6 Å². The molecule has 2 aliphatic rings. The molecule has 3 rings (SSSR count). The standard InChI is InChI=1S/C30H44N2O8/c1-29(2,3)39-27(37)31-15-19(10-23(31)17-33)12-25(35)21-8-7-9-22(14-21)26(36)13-20-11-24(18-34)32(16-20)28(38)40-30(4,5)6/h7-9,14,19-20,23-24,33-34H,10-13,15-18H2,1-6H3/t19-,20-,23+,24+/m1/s1. The number of benzene rings is 1.